The molecule has 0 radical (unpaired) electrons. The molecule has 6 heteroatoms. The van der Waals surface area contributed by atoms with Crippen molar-refractivity contribution in [2.45, 2.75) is 19.4 Å². The number of nitrogens with zero attached hydrogens (tertiary/aromatic N) is 2. The van der Waals surface area contributed by atoms with E-state index in [-0.39, 0.29) is 13.0 Å². The van der Waals surface area contributed by atoms with Gasteiger partial charge in [0.1, 0.15) is 6.54 Å². The zero-order valence-corrected chi connectivity index (χ0v) is 7.52. The van der Waals surface area contributed by atoms with E-state index in [0.29, 0.717) is 0 Å². The Hall–Kier alpha value is -1.90. The average Bonchev–Trinajstić information content (AvgIpc) is 2.32. The molecule has 1 atom stereocenters. The SMILES string of the molecule is CC(=O)OC1CC(=O)N(CC#N)C1=O. The van der Waals surface area contributed by atoms with Crippen molar-refractivity contribution in [2.75, 3.05) is 6.54 Å². The van der Waals surface area contributed by atoms with Crippen molar-refractivity contribution in [3.05, 3.63) is 0 Å². The summed E-state index contributed by atoms with van der Waals surface area (Å²) in [7, 11) is 0. The minimum Gasteiger partial charge on any atom is -0.452 e. The number of carbonyl (C=O) groups excluding carboxylic acids is 3. The monoisotopic (exact) mass is 196 g/mol. The van der Waals surface area contributed by atoms with Crippen LogP contribution in [-0.4, -0.2) is 35.3 Å². The van der Waals surface area contributed by atoms with Crippen LogP contribution in [-0.2, 0) is 19.1 Å². The minimum absolute atomic E-state index is 0.167. The van der Waals surface area contributed by atoms with Crippen molar-refractivity contribution in [1.29, 1.82) is 5.26 Å². The fourth-order valence-corrected chi connectivity index (χ4v) is 1.18. The highest BCUT2D eigenvalue weighted by Crippen LogP contribution is 2.15. The predicted octanol–water partition coefficient (Wildman–Crippen LogP) is -0.799. The third-order valence-electron chi connectivity index (χ3n) is 1.74. The average molecular weight is 196 g/mol. The molecule has 2 amide bonds. The fraction of sp³-hybridized carbons (Fsp3) is 0.500. The first-order valence-electron chi connectivity index (χ1n) is 3.94. The number of amides is 2. The fourth-order valence-electron chi connectivity index (χ4n) is 1.18. The van der Waals surface area contributed by atoms with E-state index in [9.17, 15) is 14.4 Å². The highest BCUT2D eigenvalue weighted by Gasteiger charge is 2.40. The van der Waals surface area contributed by atoms with Gasteiger partial charge in [0.15, 0.2) is 6.10 Å². The van der Waals surface area contributed by atoms with Gasteiger partial charge in [-0.3, -0.25) is 19.3 Å². The molecule has 0 spiro atoms. The maximum atomic E-state index is 11.3. The molecule has 0 aromatic heterocycles. The van der Waals surface area contributed by atoms with Crippen LogP contribution in [0, 0.1) is 11.3 Å². The molecule has 1 aliphatic rings. The van der Waals surface area contributed by atoms with E-state index in [1.807, 2.05) is 0 Å². The summed E-state index contributed by atoms with van der Waals surface area (Å²) < 4.78 is 4.61. The lowest BCUT2D eigenvalue weighted by molar-refractivity contribution is -0.154. The first-order valence-corrected chi connectivity index (χ1v) is 3.94. The van der Waals surface area contributed by atoms with Gasteiger partial charge in [0.25, 0.3) is 5.91 Å². The van der Waals surface area contributed by atoms with Crippen LogP contribution in [0.3, 0.4) is 0 Å². The minimum atomic E-state index is -1.05. The second kappa shape index (κ2) is 3.87. The first kappa shape index (κ1) is 10.2. The highest BCUT2D eigenvalue weighted by atomic mass is 16.5. The van der Waals surface area contributed by atoms with Gasteiger partial charge >= 0.3 is 5.97 Å². The smallest absolute Gasteiger partial charge is 0.303 e. The molecule has 1 saturated heterocycles. The summed E-state index contributed by atoms with van der Waals surface area (Å²) in [5.41, 5.74) is 0. The Labute approximate surface area is 80.0 Å². The lowest BCUT2D eigenvalue weighted by atomic mass is 10.3. The Bertz CT molecular complexity index is 331. The number of nitriles is 1. The topological polar surface area (TPSA) is 87.5 Å². The Morgan fingerprint density at radius 1 is 1.71 bits per heavy atom. The lowest BCUT2D eigenvalue weighted by Gasteiger charge is -2.09. The number of ether oxygens (including phenoxy) is 1. The van der Waals surface area contributed by atoms with Gasteiger partial charge in [-0.1, -0.05) is 0 Å². The molecule has 1 aliphatic heterocycles. The van der Waals surface area contributed by atoms with Crippen LogP contribution in [0.2, 0.25) is 0 Å². The molecular formula is C8H8N2O4. The summed E-state index contributed by atoms with van der Waals surface area (Å²) in [5, 5.41) is 8.33. The van der Waals surface area contributed by atoms with Gasteiger partial charge in [0.2, 0.25) is 5.91 Å². The molecule has 74 valence electrons. The summed E-state index contributed by atoms with van der Waals surface area (Å²) in [6.07, 6.45) is -1.21. The van der Waals surface area contributed by atoms with E-state index in [1.54, 1.807) is 6.07 Å². The molecule has 1 rings (SSSR count). The Morgan fingerprint density at radius 2 is 2.36 bits per heavy atom. The highest BCUT2D eigenvalue weighted by molar-refractivity contribution is 6.05. The van der Waals surface area contributed by atoms with Crippen LogP contribution >= 0.6 is 0 Å². The Balaban J connectivity index is 2.70. The molecule has 6 nitrogen and oxygen atoms in total. The second-order valence-corrected chi connectivity index (χ2v) is 2.78. The van der Waals surface area contributed by atoms with Gasteiger partial charge in [0.05, 0.1) is 12.5 Å². The van der Waals surface area contributed by atoms with Gasteiger partial charge in [-0.2, -0.15) is 5.26 Å². The van der Waals surface area contributed by atoms with Crippen LogP contribution < -0.4 is 0 Å². The number of esters is 1. The predicted molar refractivity (Wildman–Crippen MR) is 42.5 cm³/mol. The number of imide groups is 1. The van der Waals surface area contributed by atoms with Crippen molar-refractivity contribution in [2.24, 2.45) is 0 Å². The van der Waals surface area contributed by atoms with Crippen molar-refractivity contribution >= 4 is 17.8 Å². The third-order valence-corrected chi connectivity index (χ3v) is 1.74. The van der Waals surface area contributed by atoms with Crippen LogP contribution in [0.15, 0.2) is 0 Å². The molecular weight excluding hydrogens is 188 g/mol. The molecule has 1 unspecified atom stereocenters. The normalized spacial score (nSPS) is 20.9. The zero-order valence-electron chi connectivity index (χ0n) is 7.52. The third kappa shape index (κ3) is 1.88. The first-order chi connectivity index (χ1) is 6.56. The number of hydrogen-bond donors (Lipinski definition) is 0. The number of likely N-dealkylation sites (tertiary alicyclic amines) is 1. The number of hydrogen-bond acceptors (Lipinski definition) is 5. The van der Waals surface area contributed by atoms with E-state index in [0.717, 1.165) is 11.8 Å². The van der Waals surface area contributed by atoms with Gasteiger partial charge in [-0.15, -0.1) is 0 Å². The quantitative estimate of drug-likeness (QED) is 0.328. The molecule has 0 aliphatic carbocycles. The standard InChI is InChI=1S/C8H8N2O4/c1-5(11)14-6-4-7(12)10(3-2-9)8(6)13/h6H,3-4H2,1H3. The van der Waals surface area contributed by atoms with E-state index in [4.69, 9.17) is 5.26 Å². The van der Waals surface area contributed by atoms with Gasteiger partial charge in [-0.25, -0.2) is 0 Å². The van der Waals surface area contributed by atoms with Gasteiger partial charge in [-0.05, 0) is 0 Å². The molecule has 0 aromatic carbocycles. The molecule has 0 N–H and O–H groups in total. The summed E-state index contributed by atoms with van der Waals surface area (Å²) in [5.74, 6) is -1.72. The summed E-state index contributed by atoms with van der Waals surface area (Å²) >= 11 is 0. The van der Waals surface area contributed by atoms with Crippen molar-refractivity contribution in [3.8, 4) is 6.07 Å². The summed E-state index contributed by atoms with van der Waals surface area (Å²) in [6, 6.07) is 1.69. The molecule has 1 fully saturated rings. The molecule has 14 heavy (non-hydrogen) atoms. The van der Waals surface area contributed by atoms with Crippen LogP contribution in [0.5, 0.6) is 0 Å². The van der Waals surface area contributed by atoms with Gasteiger partial charge < -0.3 is 4.74 Å². The maximum Gasteiger partial charge on any atom is 0.303 e. The zero-order chi connectivity index (χ0) is 10.7. The maximum absolute atomic E-state index is 11.3. The Kier molecular flexibility index (Phi) is 2.82. The van der Waals surface area contributed by atoms with Crippen LogP contribution in [0.4, 0.5) is 0 Å². The second-order valence-electron chi connectivity index (χ2n) is 2.78. The number of rotatable bonds is 2. The van der Waals surface area contributed by atoms with E-state index >= 15 is 0 Å². The van der Waals surface area contributed by atoms with E-state index in [1.165, 1.54) is 0 Å². The van der Waals surface area contributed by atoms with E-state index in [2.05, 4.69) is 4.74 Å². The summed E-state index contributed by atoms with van der Waals surface area (Å²) in [6.45, 7) is 0.861. The van der Waals surface area contributed by atoms with Gasteiger partial charge in [0, 0.05) is 6.92 Å². The van der Waals surface area contributed by atoms with Crippen molar-refractivity contribution in [3.63, 3.8) is 0 Å². The summed E-state index contributed by atoms with van der Waals surface area (Å²) in [4.78, 5) is 33.8. The molecule has 0 bridgehead atoms. The largest absolute Gasteiger partial charge is 0.452 e. The van der Waals surface area contributed by atoms with Crippen molar-refractivity contribution < 1.29 is 19.1 Å². The van der Waals surface area contributed by atoms with Crippen LogP contribution in [0.1, 0.15) is 13.3 Å². The molecule has 0 aromatic rings. The van der Waals surface area contributed by atoms with Crippen LogP contribution in [0.25, 0.3) is 0 Å². The lowest BCUT2D eigenvalue weighted by Crippen LogP contribution is -2.33. The Morgan fingerprint density at radius 3 is 2.86 bits per heavy atom. The van der Waals surface area contributed by atoms with E-state index < -0.39 is 23.9 Å². The molecule has 1 heterocycles. The number of carbonyl (C=O) groups is 3. The molecule has 0 saturated carbocycles. The van der Waals surface area contributed by atoms with Crippen molar-refractivity contribution in [1.82, 2.24) is 4.90 Å².